The molecule has 0 spiro atoms. The molecule has 3 N–H and O–H groups in total. The van der Waals surface area contributed by atoms with Crippen molar-refractivity contribution >= 4 is 11.6 Å². The van der Waals surface area contributed by atoms with E-state index in [0.29, 0.717) is 29.6 Å². The zero-order valence-electron chi connectivity index (χ0n) is 10.3. The Balaban J connectivity index is 2.03. The van der Waals surface area contributed by atoms with Crippen LogP contribution in [0.3, 0.4) is 0 Å². The first-order valence-corrected chi connectivity index (χ1v) is 5.63. The second kappa shape index (κ2) is 4.91. The van der Waals surface area contributed by atoms with Crippen molar-refractivity contribution in [2.24, 2.45) is 0 Å². The first-order chi connectivity index (χ1) is 8.60. The molecule has 0 saturated carbocycles. The van der Waals surface area contributed by atoms with Crippen LogP contribution in [0.4, 0.5) is 5.69 Å². The highest BCUT2D eigenvalue weighted by molar-refractivity contribution is 5.93. The fraction of sp³-hybridized carbons (Fsp3) is 0.364. The highest BCUT2D eigenvalue weighted by Crippen LogP contribution is 2.10. The maximum absolute atomic E-state index is 11.9. The van der Waals surface area contributed by atoms with Crippen LogP contribution >= 0.6 is 0 Å². The van der Waals surface area contributed by atoms with Crippen LogP contribution < -0.4 is 11.1 Å². The number of nitrogen functional groups attached to an aromatic ring is 1. The van der Waals surface area contributed by atoms with E-state index in [-0.39, 0.29) is 12.5 Å². The summed E-state index contributed by atoms with van der Waals surface area (Å²) < 4.78 is 6.69. The fourth-order valence-electron chi connectivity index (χ4n) is 1.64. The lowest BCUT2D eigenvalue weighted by Crippen LogP contribution is -2.25. The average Bonchev–Trinajstić information content (AvgIpc) is 2.92. The van der Waals surface area contributed by atoms with Crippen LogP contribution in [-0.4, -0.2) is 20.6 Å². The molecule has 18 heavy (non-hydrogen) atoms. The molecular formula is C11H15N5O2. The zero-order chi connectivity index (χ0) is 13.1. The van der Waals surface area contributed by atoms with Gasteiger partial charge in [-0.25, -0.2) is 0 Å². The first kappa shape index (κ1) is 12.2. The molecular weight excluding hydrogens is 234 g/mol. The highest BCUT2D eigenvalue weighted by atomic mass is 16.5. The summed E-state index contributed by atoms with van der Waals surface area (Å²) in [5.41, 5.74) is 6.75. The first-order valence-electron chi connectivity index (χ1n) is 5.63. The maximum atomic E-state index is 11.9. The van der Waals surface area contributed by atoms with Gasteiger partial charge in [0.2, 0.25) is 5.89 Å². The van der Waals surface area contributed by atoms with Gasteiger partial charge in [-0.1, -0.05) is 5.16 Å². The smallest absolute Gasteiger partial charge is 0.268 e. The molecule has 0 unspecified atom stereocenters. The van der Waals surface area contributed by atoms with Gasteiger partial charge in [0.15, 0.2) is 5.82 Å². The Hall–Kier alpha value is -2.31. The van der Waals surface area contributed by atoms with Gasteiger partial charge in [0.1, 0.15) is 5.69 Å². The summed E-state index contributed by atoms with van der Waals surface area (Å²) in [6, 6.07) is 1.64. The van der Waals surface area contributed by atoms with Crippen LogP contribution in [-0.2, 0) is 13.1 Å². The molecule has 1 amide bonds. The number of anilines is 1. The van der Waals surface area contributed by atoms with Crippen LogP contribution in [0, 0.1) is 6.92 Å². The standard InChI is InChI=1S/C11H15N5O2/c1-3-16-6-8(12)4-9(16)11(17)13-5-10-14-7(2)15-18-10/h4,6H,3,5,12H2,1-2H3,(H,13,17). The van der Waals surface area contributed by atoms with Gasteiger partial charge < -0.3 is 20.1 Å². The Morgan fingerprint density at radius 2 is 2.39 bits per heavy atom. The minimum atomic E-state index is -0.218. The second-order valence-corrected chi connectivity index (χ2v) is 3.86. The van der Waals surface area contributed by atoms with Gasteiger partial charge in [0.25, 0.3) is 5.91 Å². The van der Waals surface area contributed by atoms with E-state index < -0.39 is 0 Å². The van der Waals surface area contributed by atoms with Gasteiger partial charge >= 0.3 is 0 Å². The lowest BCUT2D eigenvalue weighted by molar-refractivity contribution is 0.0937. The van der Waals surface area contributed by atoms with Crippen LogP contribution in [0.1, 0.15) is 29.1 Å². The molecule has 96 valence electrons. The van der Waals surface area contributed by atoms with Crippen molar-refractivity contribution in [3.63, 3.8) is 0 Å². The molecule has 0 aromatic carbocycles. The summed E-state index contributed by atoms with van der Waals surface area (Å²) in [4.78, 5) is 15.9. The van der Waals surface area contributed by atoms with E-state index in [0.717, 1.165) is 0 Å². The van der Waals surface area contributed by atoms with Crippen LogP contribution in [0.2, 0.25) is 0 Å². The van der Waals surface area contributed by atoms with Gasteiger partial charge in [0, 0.05) is 12.7 Å². The third-order valence-electron chi connectivity index (χ3n) is 2.46. The number of aryl methyl sites for hydroxylation is 2. The average molecular weight is 249 g/mol. The molecule has 7 nitrogen and oxygen atoms in total. The molecule has 2 heterocycles. The summed E-state index contributed by atoms with van der Waals surface area (Å²) in [7, 11) is 0. The molecule has 0 radical (unpaired) electrons. The quantitative estimate of drug-likeness (QED) is 0.831. The second-order valence-electron chi connectivity index (χ2n) is 3.86. The van der Waals surface area contributed by atoms with Crippen LogP contribution in [0.5, 0.6) is 0 Å². The molecule has 0 aliphatic carbocycles. The molecule has 0 fully saturated rings. The monoisotopic (exact) mass is 249 g/mol. The van der Waals surface area contributed by atoms with Crippen molar-refractivity contribution in [1.29, 1.82) is 0 Å². The SMILES string of the molecule is CCn1cc(N)cc1C(=O)NCc1nc(C)no1. The predicted molar refractivity (Wildman–Crippen MR) is 64.7 cm³/mol. The number of carbonyl (C=O) groups is 1. The molecule has 0 saturated heterocycles. The molecule has 0 atom stereocenters. The minimum Gasteiger partial charge on any atom is -0.397 e. The van der Waals surface area contributed by atoms with E-state index in [4.69, 9.17) is 10.3 Å². The number of hydrogen-bond acceptors (Lipinski definition) is 5. The number of nitrogens with zero attached hydrogens (tertiary/aromatic N) is 3. The maximum Gasteiger partial charge on any atom is 0.268 e. The Morgan fingerprint density at radius 1 is 1.61 bits per heavy atom. The molecule has 7 heteroatoms. The van der Waals surface area contributed by atoms with Gasteiger partial charge in [-0.05, 0) is 19.9 Å². The van der Waals surface area contributed by atoms with Gasteiger partial charge in [-0.3, -0.25) is 4.79 Å². The van der Waals surface area contributed by atoms with E-state index in [9.17, 15) is 4.79 Å². The zero-order valence-corrected chi connectivity index (χ0v) is 10.3. The van der Waals surface area contributed by atoms with Crippen molar-refractivity contribution in [2.45, 2.75) is 26.9 Å². The number of nitrogens with two attached hydrogens (primary N) is 1. The van der Waals surface area contributed by atoms with E-state index >= 15 is 0 Å². The number of amides is 1. The predicted octanol–water partition coefficient (Wildman–Crippen LogP) is 0.712. The number of aromatic nitrogens is 3. The topological polar surface area (TPSA) is 99.0 Å². The van der Waals surface area contributed by atoms with Crippen molar-refractivity contribution in [2.75, 3.05) is 5.73 Å². The summed E-state index contributed by atoms with van der Waals surface area (Å²) in [5, 5.41) is 6.35. The summed E-state index contributed by atoms with van der Waals surface area (Å²) >= 11 is 0. The molecule has 0 bridgehead atoms. The Morgan fingerprint density at radius 3 is 3.00 bits per heavy atom. The Kier molecular flexibility index (Phi) is 3.31. The number of rotatable bonds is 4. The third kappa shape index (κ3) is 2.50. The lowest BCUT2D eigenvalue weighted by Gasteiger charge is -2.05. The van der Waals surface area contributed by atoms with Gasteiger partial charge in [0.05, 0.1) is 12.2 Å². The number of nitrogens with one attached hydrogen (secondary N) is 1. The molecule has 2 aromatic heterocycles. The molecule has 2 aromatic rings. The van der Waals surface area contributed by atoms with Crippen molar-refractivity contribution < 1.29 is 9.32 Å². The highest BCUT2D eigenvalue weighted by Gasteiger charge is 2.13. The molecule has 2 rings (SSSR count). The van der Waals surface area contributed by atoms with Crippen molar-refractivity contribution in [3.8, 4) is 0 Å². The van der Waals surface area contributed by atoms with Crippen LogP contribution in [0.15, 0.2) is 16.8 Å². The van der Waals surface area contributed by atoms with Gasteiger partial charge in [-0.2, -0.15) is 4.98 Å². The van der Waals surface area contributed by atoms with E-state index in [1.165, 1.54) is 0 Å². The van der Waals surface area contributed by atoms with E-state index in [2.05, 4.69) is 15.5 Å². The van der Waals surface area contributed by atoms with Gasteiger partial charge in [-0.15, -0.1) is 0 Å². The lowest BCUT2D eigenvalue weighted by atomic mass is 10.3. The molecule has 0 aliphatic heterocycles. The van der Waals surface area contributed by atoms with Crippen LogP contribution in [0.25, 0.3) is 0 Å². The number of carbonyl (C=O) groups excluding carboxylic acids is 1. The Bertz CT molecular complexity index is 558. The third-order valence-corrected chi connectivity index (χ3v) is 2.46. The van der Waals surface area contributed by atoms with E-state index in [1.807, 2.05) is 6.92 Å². The fourth-order valence-corrected chi connectivity index (χ4v) is 1.64. The van der Waals surface area contributed by atoms with Crippen molar-refractivity contribution in [1.82, 2.24) is 20.0 Å². The van der Waals surface area contributed by atoms with Crippen molar-refractivity contribution in [3.05, 3.63) is 29.7 Å². The largest absolute Gasteiger partial charge is 0.397 e. The molecule has 0 aliphatic rings. The minimum absolute atomic E-state index is 0.203. The normalized spacial score (nSPS) is 10.6. The summed E-state index contributed by atoms with van der Waals surface area (Å²) in [6.07, 6.45) is 1.73. The Labute approximate surface area is 104 Å². The van der Waals surface area contributed by atoms with E-state index in [1.54, 1.807) is 23.8 Å². The summed E-state index contributed by atoms with van der Waals surface area (Å²) in [5.74, 6) is 0.702. The summed E-state index contributed by atoms with van der Waals surface area (Å²) in [6.45, 7) is 4.55. The number of hydrogen-bond donors (Lipinski definition) is 2.